The van der Waals surface area contributed by atoms with Gasteiger partial charge >= 0.3 is 5.97 Å². The lowest BCUT2D eigenvalue weighted by Crippen LogP contribution is -2.55. The van der Waals surface area contributed by atoms with Crippen molar-refractivity contribution in [1.29, 1.82) is 5.26 Å². The van der Waals surface area contributed by atoms with Crippen LogP contribution in [0.1, 0.15) is 42.9 Å². The van der Waals surface area contributed by atoms with Crippen LogP contribution in [0.15, 0.2) is 53.4 Å². The third-order valence-electron chi connectivity index (χ3n) is 5.40. The second-order valence-corrected chi connectivity index (χ2v) is 9.12. The molecule has 1 aliphatic heterocycles. The molecule has 8 heteroatoms. The maximum absolute atomic E-state index is 13.4. The van der Waals surface area contributed by atoms with E-state index in [-0.39, 0.29) is 17.9 Å². The minimum Gasteiger partial charge on any atom is -0.464 e. The third-order valence-corrected chi connectivity index (χ3v) is 7.33. The van der Waals surface area contributed by atoms with E-state index in [4.69, 9.17) is 10.00 Å². The molecule has 2 aromatic carbocycles. The Balaban J connectivity index is 2.16. The molecule has 0 aromatic heterocycles. The summed E-state index contributed by atoms with van der Waals surface area (Å²) in [5, 5.41) is 9.03. The van der Waals surface area contributed by atoms with Crippen LogP contribution >= 0.6 is 0 Å². The van der Waals surface area contributed by atoms with Gasteiger partial charge in [-0.1, -0.05) is 29.8 Å². The SMILES string of the molecule is CCOC(=O)[C@]1(C)[C@@H](c2ccc(C#N)cc2)CC(=O)N1S(=O)(=O)c1ccc(C)cc1. The van der Waals surface area contributed by atoms with Gasteiger partial charge in [0.1, 0.15) is 0 Å². The van der Waals surface area contributed by atoms with Crippen LogP contribution in [0.5, 0.6) is 0 Å². The highest BCUT2D eigenvalue weighted by Gasteiger charge is 2.60. The Morgan fingerprint density at radius 2 is 1.80 bits per heavy atom. The van der Waals surface area contributed by atoms with E-state index in [9.17, 15) is 18.0 Å². The van der Waals surface area contributed by atoms with Gasteiger partial charge in [0.25, 0.3) is 10.0 Å². The first-order chi connectivity index (χ1) is 14.2. The van der Waals surface area contributed by atoms with Crippen molar-refractivity contribution in [3.63, 3.8) is 0 Å². The Kier molecular flexibility index (Phi) is 5.68. The number of nitriles is 1. The average Bonchev–Trinajstić information content (AvgIpc) is 3.00. The summed E-state index contributed by atoms with van der Waals surface area (Å²) in [6.07, 6.45) is -0.174. The number of benzene rings is 2. The lowest BCUT2D eigenvalue weighted by atomic mass is 9.81. The summed E-state index contributed by atoms with van der Waals surface area (Å²) in [7, 11) is -4.30. The number of carbonyl (C=O) groups excluding carboxylic acids is 2. The third kappa shape index (κ3) is 3.46. The molecule has 0 bridgehead atoms. The van der Waals surface area contributed by atoms with Gasteiger partial charge < -0.3 is 4.74 Å². The van der Waals surface area contributed by atoms with Crippen molar-refractivity contribution in [3.8, 4) is 6.07 Å². The molecule has 1 aliphatic rings. The number of amides is 1. The summed E-state index contributed by atoms with van der Waals surface area (Å²) in [6.45, 7) is 4.90. The molecule has 7 nitrogen and oxygen atoms in total. The van der Waals surface area contributed by atoms with Crippen molar-refractivity contribution in [3.05, 3.63) is 65.2 Å². The molecule has 1 heterocycles. The maximum Gasteiger partial charge on any atom is 0.333 e. The van der Waals surface area contributed by atoms with Gasteiger partial charge in [0.2, 0.25) is 5.91 Å². The van der Waals surface area contributed by atoms with E-state index in [1.165, 1.54) is 19.1 Å². The summed E-state index contributed by atoms with van der Waals surface area (Å²) in [6, 6.07) is 14.5. The fourth-order valence-electron chi connectivity index (χ4n) is 3.79. The number of rotatable bonds is 5. The number of ether oxygens (including phenoxy) is 1. The van der Waals surface area contributed by atoms with Gasteiger partial charge in [-0.3, -0.25) is 4.79 Å². The molecule has 0 unspecified atom stereocenters. The minimum absolute atomic E-state index is 0.0428. The van der Waals surface area contributed by atoms with Gasteiger partial charge in [-0.05, 0) is 50.6 Å². The van der Waals surface area contributed by atoms with Crippen molar-refractivity contribution < 1.29 is 22.7 Å². The molecule has 1 amide bonds. The van der Waals surface area contributed by atoms with Gasteiger partial charge in [-0.2, -0.15) is 5.26 Å². The number of aryl methyl sites for hydroxylation is 1. The number of nitrogens with zero attached hydrogens (tertiary/aromatic N) is 2. The number of hydrogen-bond donors (Lipinski definition) is 0. The summed E-state index contributed by atoms with van der Waals surface area (Å²) in [5.74, 6) is -2.22. The van der Waals surface area contributed by atoms with E-state index in [0.717, 1.165) is 5.56 Å². The van der Waals surface area contributed by atoms with E-state index in [0.29, 0.717) is 15.4 Å². The molecule has 30 heavy (non-hydrogen) atoms. The number of hydrogen-bond acceptors (Lipinski definition) is 6. The lowest BCUT2D eigenvalue weighted by molar-refractivity contribution is -0.155. The van der Waals surface area contributed by atoms with Crippen molar-refractivity contribution >= 4 is 21.9 Å². The standard InChI is InChI=1S/C22H22N2O5S/c1-4-29-21(26)22(3)19(17-9-7-16(14-23)8-10-17)13-20(25)24(22)30(27,28)18-11-5-15(2)6-12-18/h5-12,19H,4,13H2,1-3H3/t19-,22+/m1/s1. The molecule has 3 rings (SSSR count). The molecule has 1 saturated heterocycles. The second-order valence-electron chi connectivity index (χ2n) is 7.33. The van der Waals surface area contributed by atoms with Crippen molar-refractivity contribution in [2.45, 2.75) is 43.5 Å². The first kappa shape index (κ1) is 21.5. The predicted octanol–water partition coefficient (Wildman–Crippen LogP) is 2.89. The Labute approximate surface area is 175 Å². The van der Waals surface area contributed by atoms with Crippen molar-refractivity contribution in [2.75, 3.05) is 6.61 Å². The Bertz CT molecular complexity index is 1120. The normalized spacial score (nSPS) is 21.3. The fourth-order valence-corrected chi connectivity index (χ4v) is 5.53. The zero-order valence-electron chi connectivity index (χ0n) is 17.0. The van der Waals surface area contributed by atoms with Gasteiger partial charge in [0, 0.05) is 12.3 Å². The highest BCUT2D eigenvalue weighted by atomic mass is 32.2. The Morgan fingerprint density at radius 1 is 1.20 bits per heavy atom. The predicted molar refractivity (Wildman–Crippen MR) is 109 cm³/mol. The molecule has 0 N–H and O–H groups in total. The van der Waals surface area contributed by atoms with Crippen molar-refractivity contribution in [2.24, 2.45) is 0 Å². The van der Waals surface area contributed by atoms with Crippen LogP contribution in [0.25, 0.3) is 0 Å². The van der Waals surface area contributed by atoms with Crippen LogP contribution in [-0.2, 0) is 24.3 Å². The van der Waals surface area contributed by atoms with Crippen LogP contribution < -0.4 is 0 Å². The van der Waals surface area contributed by atoms with E-state index >= 15 is 0 Å². The van der Waals surface area contributed by atoms with E-state index < -0.39 is 33.4 Å². The van der Waals surface area contributed by atoms with E-state index in [2.05, 4.69) is 0 Å². The molecule has 0 spiro atoms. The van der Waals surface area contributed by atoms with Crippen LogP contribution in [0, 0.1) is 18.3 Å². The molecule has 156 valence electrons. The number of sulfonamides is 1. The minimum atomic E-state index is -4.30. The zero-order valence-corrected chi connectivity index (χ0v) is 17.8. The highest BCUT2D eigenvalue weighted by Crippen LogP contribution is 2.46. The summed E-state index contributed by atoms with van der Waals surface area (Å²) in [5.41, 5.74) is 0.111. The summed E-state index contributed by atoms with van der Waals surface area (Å²) in [4.78, 5) is 25.9. The lowest BCUT2D eigenvalue weighted by Gasteiger charge is -2.36. The average molecular weight is 426 g/mol. The Hall–Kier alpha value is -3.18. The van der Waals surface area contributed by atoms with Gasteiger partial charge in [-0.15, -0.1) is 0 Å². The molecular weight excluding hydrogens is 404 g/mol. The smallest absolute Gasteiger partial charge is 0.333 e. The van der Waals surface area contributed by atoms with Gasteiger partial charge in [-0.25, -0.2) is 17.5 Å². The zero-order chi connectivity index (χ0) is 22.1. The van der Waals surface area contributed by atoms with Gasteiger partial charge in [0.15, 0.2) is 5.54 Å². The largest absolute Gasteiger partial charge is 0.464 e. The monoisotopic (exact) mass is 426 g/mol. The number of carbonyl (C=O) groups is 2. The van der Waals surface area contributed by atoms with Crippen LogP contribution in [0.3, 0.4) is 0 Å². The molecule has 1 fully saturated rings. The second kappa shape index (κ2) is 7.92. The van der Waals surface area contributed by atoms with Crippen molar-refractivity contribution in [1.82, 2.24) is 4.31 Å². The van der Waals surface area contributed by atoms with Gasteiger partial charge in [0.05, 0.1) is 23.1 Å². The Morgan fingerprint density at radius 3 is 2.33 bits per heavy atom. The fraction of sp³-hybridized carbons (Fsp3) is 0.318. The first-order valence-electron chi connectivity index (χ1n) is 9.48. The van der Waals surface area contributed by atoms with Crippen LogP contribution in [-0.4, -0.2) is 36.7 Å². The first-order valence-corrected chi connectivity index (χ1v) is 10.9. The number of esters is 1. The molecule has 2 aromatic rings. The summed E-state index contributed by atoms with van der Waals surface area (Å²) >= 11 is 0. The van der Waals surface area contributed by atoms with Crippen LogP contribution in [0.2, 0.25) is 0 Å². The quantitative estimate of drug-likeness (QED) is 0.681. The molecule has 0 radical (unpaired) electrons. The topological polar surface area (TPSA) is 105 Å². The van der Waals surface area contributed by atoms with E-state index in [1.807, 2.05) is 13.0 Å². The summed E-state index contributed by atoms with van der Waals surface area (Å²) < 4.78 is 32.7. The molecule has 0 aliphatic carbocycles. The molecular formula is C22H22N2O5S. The maximum atomic E-state index is 13.4. The van der Waals surface area contributed by atoms with Crippen LogP contribution in [0.4, 0.5) is 0 Å². The van der Waals surface area contributed by atoms with E-state index in [1.54, 1.807) is 43.3 Å². The highest BCUT2D eigenvalue weighted by molar-refractivity contribution is 7.89. The molecule has 0 saturated carbocycles. The molecule has 2 atom stereocenters.